The van der Waals surface area contributed by atoms with Crippen LogP contribution in [-0.4, -0.2) is 43.8 Å². The molecular formula is C21H26N3OS2+. The lowest BCUT2D eigenvalue weighted by atomic mass is 10.2. The zero-order chi connectivity index (χ0) is 19.2. The Hall–Kier alpha value is -1.89. The minimum atomic E-state index is 0.119. The van der Waals surface area contributed by atoms with Crippen LogP contribution >= 0.6 is 23.1 Å². The number of thiazole rings is 1. The van der Waals surface area contributed by atoms with Gasteiger partial charge in [0.1, 0.15) is 0 Å². The van der Waals surface area contributed by atoms with Crippen LogP contribution in [0.3, 0.4) is 0 Å². The number of hydrogen-bond donors (Lipinski definition) is 1. The Morgan fingerprint density at radius 3 is 2.59 bits per heavy atom. The van der Waals surface area contributed by atoms with Crippen LogP contribution in [0.25, 0.3) is 10.2 Å². The molecule has 0 saturated heterocycles. The Morgan fingerprint density at radius 1 is 1.15 bits per heavy atom. The highest BCUT2D eigenvalue weighted by molar-refractivity contribution is 8.00. The molecule has 0 aliphatic heterocycles. The quantitative estimate of drug-likeness (QED) is 0.590. The topological polar surface area (TPSA) is 37.6 Å². The number of aryl methyl sites for hydroxylation is 1. The molecule has 0 bridgehead atoms. The molecule has 27 heavy (non-hydrogen) atoms. The maximum atomic E-state index is 13.0. The number of carbonyl (C=O) groups excluding carboxylic acids is 1. The Balaban J connectivity index is 1.73. The number of para-hydroxylation sites is 1. The van der Waals surface area contributed by atoms with E-state index < -0.39 is 0 Å². The smallest absolute Gasteiger partial charge is 0.239 e. The normalized spacial score (nSPS) is 11.3. The SMILES string of the molecule is Cc1ccc(SCC(=O)N(CCC[NH+](C)C)c2nc3ccccc3s2)cc1. The lowest BCUT2D eigenvalue weighted by Gasteiger charge is -2.20. The fourth-order valence-electron chi connectivity index (χ4n) is 2.75. The van der Waals surface area contributed by atoms with Crippen molar-refractivity contribution in [1.29, 1.82) is 0 Å². The summed E-state index contributed by atoms with van der Waals surface area (Å²) in [7, 11) is 4.27. The molecule has 1 amide bonds. The molecule has 0 fully saturated rings. The standard InChI is InChI=1S/C21H25N3OS2/c1-16-9-11-17(12-10-16)26-15-20(25)24(14-6-13-23(2)3)21-22-18-7-4-5-8-19(18)27-21/h4-5,7-12H,6,13-15H2,1-3H3/p+1. The molecule has 0 aliphatic rings. The number of quaternary nitrogens is 1. The van der Waals surface area contributed by atoms with Gasteiger partial charge in [0.2, 0.25) is 5.91 Å². The minimum Gasteiger partial charge on any atom is -0.340 e. The summed E-state index contributed by atoms with van der Waals surface area (Å²) in [6.07, 6.45) is 0.958. The van der Waals surface area contributed by atoms with Crippen LogP contribution < -0.4 is 9.80 Å². The summed E-state index contributed by atoms with van der Waals surface area (Å²) in [4.78, 5) is 22.1. The monoisotopic (exact) mass is 400 g/mol. The van der Waals surface area contributed by atoms with Crippen LogP contribution in [0.5, 0.6) is 0 Å². The number of amides is 1. The van der Waals surface area contributed by atoms with Crippen molar-refractivity contribution in [3.05, 3.63) is 54.1 Å². The molecule has 0 aliphatic carbocycles. The fourth-order valence-corrected chi connectivity index (χ4v) is 4.53. The second-order valence-electron chi connectivity index (χ2n) is 6.92. The van der Waals surface area contributed by atoms with E-state index in [-0.39, 0.29) is 5.91 Å². The first kappa shape index (κ1) is 19.9. The van der Waals surface area contributed by atoms with Gasteiger partial charge in [-0.3, -0.25) is 9.69 Å². The van der Waals surface area contributed by atoms with Crippen LogP contribution in [0.1, 0.15) is 12.0 Å². The number of fused-ring (bicyclic) bond motifs is 1. The van der Waals surface area contributed by atoms with Gasteiger partial charge in [-0.25, -0.2) is 4.98 Å². The number of nitrogens with one attached hydrogen (secondary N) is 1. The van der Waals surface area contributed by atoms with Crippen molar-refractivity contribution in [3.8, 4) is 0 Å². The van der Waals surface area contributed by atoms with Crippen molar-refractivity contribution >= 4 is 44.4 Å². The van der Waals surface area contributed by atoms with Gasteiger partial charge < -0.3 is 4.90 Å². The average Bonchev–Trinajstić information content (AvgIpc) is 3.08. The third kappa shape index (κ3) is 5.54. The number of thioether (sulfide) groups is 1. The van der Waals surface area contributed by atoms with Crippen molar-refractivity contribution < 1.29 is 9.69 Å². The van der Waals surface area contributed by atoms with Crippen LogP contribution in [0.4, 0.5) is 5.13 Å². The number of anilines is 1. The van der Waals surface area contributed by atoms with Gasteiger partial charge in [-0.2, -0.15) is 0 Å². The largest absolute Gasteiger partial charge is 0.340 e. The first-order valence-electron chi connectivity index (χ1n) is 9.17. The van der Waals surface area contributed by atoms with Gasteiger partial charge in [0, 0.05) is 17.9 Å². The molecule has 1 heterocycles. The van der Waals surface area contributed by atoms with Gasteiger partial charge in [0.25, 0.3) is 0 Å². The van der Waals surface area contributed by atoms with E-state index in [2.05, 4.69) is 51.4 Å². The fraction of sp³-hybridized carbons (Fsp3) is 0.333. The first-order chi connectivity index (χ1) is 13.0. The highest BCUT2D eigenvalue weighted by Gasteiger charge is 2.20. The molecule has 0 saturated carbocycles. The summed E-state index contributed by atoms with van der Waals surface area (Å²) in [5.41, 5.74) is 2.19. The number of aromatic nitrogens is 1. The maximum Gasteiger partial charge on any atom is 0.239 e. The van der Waals surface area contributed by atoms with Gasteiger partial charge in [-0.05, 0) is 31.2 Å². The van der Waals surface area contributed by atoms with Crippen molar-refractivity contribution in [2.75, 3.05) is 37.8 Å². The van der Waals surface area contributed by atoms with Gasteiger partial charge in [-0.15, -0.1) is 11.8 Å². The van der Waals surface area contributed by atoms with Crippen LogP contribution in [0.15, 0.2) is 53.4 Å². The summed E-state index contributed by atoms with van der Waals surface area (Å²) >= 11 is 3.18. The predicted octanol–water partition coefficient (Wildman–Crippen LogP) is 3.26. The molecule has 0 unspecified atom stereocenters. The zero-order valence-electron chi connectivity index (χ0n) is 16.1. The van der Waals surface area contributed by atoms with Crippen LogP contribution in [-0.2, 0) is 4.79 Å². The molecule has 3 aromatic rings. The average molecular weight is 401 g/mol. The summed E-state index contributed by atoms with van der Waals surface area (Å²) in [6, 6.07) is 16.4. The van der Waals surface area contributed by atoms with E-state index in [1.807, 2.05) is 23.1 Å². The zero-order valence-corrected chi connectivity index (χ0v) is 17.7. The summed E-state index contributed by atoms with van der Waals surface area (Å²) in [5, 5.41) is 0.805. The van der Waals surface area contributed by atoms with E-state index >= 15 is 0 Å². The van der Waals surface area contributed by atoms with Crippen molar-refractivity contribution in [2.45, 2.75) is 18.2 Å². The summed E-state index contributed by atoms with van der Waals surface area (Å²) < 4.78 is 1.12. The van der Waals surface area contributed by atoms with E-state index in [0.717, 1.165) is 33.2 Å². The van der Waals surface area contributed by atoms with E-state index in [9.17, 15) is 4.79 Å². The highest BCUT2D eigenvalue weighted by atomic mass is 32.2. The maximum absolute atomic E-state index is 13.0. The van der Waals surface area contributed by atoms with E-state index in [1.54, 1.807) is 23.1 Å². The molecule has 0 atom stereocenters. The van der Waals surface area contributed by atoms with E-state index in [4.69, 9.17) is 4.98 Å². The highest BCUT2D eigenvalue weighted by Crippen LogP contribution is 2.29. The van der Waals surface area contributed by atoms with Crippen molar-refractivity contribution in [3.63, 3.8) is 0 Å². The van der Waals surface area contributed by atoms with Crippen LogP contribution in [0, 0.1) is 6.92 Å². The first-order valence-corrected chi connectivity index (χ1v) is 11.0. The molecule has 0 spiro atoms. The summed E-state index contributed by atoms with van der Waals surface area (Å²) in [5.74, 6) is 0.543. The lowest BCUT2D eigenvalue weighted by molar-refractivity contribution is -0.858. The third-order valence-electron chi connectivity index (χ3n) is 4.26. The van der Waals surface area contributed by atoms with E-state index in [0.29, 0.717) is 12.3 Å². The minimum absolute atomic E-state index is 0.119. The number of rotatable bonds is 8. The molecule has 1 N–H and O–H groups in total. The number of nitrogens with zero attached hydrogens (tertiary/aromatic N) is 2. The summed E-state index contributed by atoms with van der Waals surface area (Å²) in [6.45, 7) is 3.80. The molecular weight excluding hydrogens is 374 g/mol. The van der Waals surface area contributed by atoms with Gasteiger partial charge >= 0.3 is 0 Å². The number of carbonyl (C=O) groups is 1. The number of benzene rings is 2. The molecule has 6 heteroatoms. The molecule has 2 aromatic carbocycles. The second kappa shape index (κ2) is 9.35. The Morgan fingerprint density at radius 2 is 1.89 bits per heavy atom. The lowest BCUT2D eigenvalue weighted by Crippen LogP contribution is -3.05. The Kier molecular flexibility index (Phi) is 6.88. The van der Waals surface area contributed by atoms with Crippen molar-refractivity contribution in [2.24, 2.45) is 0 Å². The molecule has 4 nitrogen and oxygen atoms in total. The number of hydrogen-bond acceptors (Lipinski definition) is 4. The van der Waals surface area contributed by atoms with Gasteiger partial charge in [0.15, 0.2) is 5.13 Å². The second-order valence-corrected chi connectivity index (χ2v) is 8.98. The molecule has 3 rings (SSSR count). The molecule has 142 valence electrons. The van der Waals surface area contributed by atoms with E-state index in [1.165, 1.54) is 10.5 Å². The molecule has 0 radical (unpaired) electrons. The van der Waals surface area contributed by atoms with Gasteiger partial charge in [-0.1, -0.05) is 41.2 Å². The third-order valence-corrected chi connectivity index (χ3v) is 6.31. The Labute approximate surface area is 169 Å². The Bertz CT molecular complexity index is 857. The molecule has 1 aromatic heterocycles. The van der Waals surface area contributed by atoms with Gasteiger partial charge in [0.05, 0.1) is 36.6 Å². The van der Waals surface area contributed by atoms with Crippen LogP contribution in [0.2, 0.25) is 0 Å². The predicted molar refractivity (Wildman–Crippen MR) is 116 cm³/mol. The van der Waals surface area contributed by atoms with Crippen molar-refractivity contribution in [1.82, 2.24) is 4.98 Å².